The second kappa shape index (κ2) is 5.57. The van der Waals surface area contributed by atoms with Crippen molar-refractivity contribution in [3.8, 4) is 11.1 Å². The molecule has 114 valence electrons. The molecule has 5 rings (SSSR count). The van der Waals surface area contributed by atoms with Gasteiger partial charge in [-0.2, -0.15) is 0 Å². The molecule has 0 unspecified atom stereocenters. The second-order valence-corrected chi connectivity index (χ2v) is 8.74. The Morgan fingerprint density at radius 3 is 1.83 bits per heavy atom. The third-order valence-corrected chi connectivity index (χ3v) is 6.80. The first kappa shape index (κ1) is 14.4. The summed E-state index contributed by atoms with van der Waals surface area (Å²) in [7, 11) is 0. The Kier molecular flexibility index (Phi) is 3.35. The van der Waals surface area contributed by atoms with Gasteiger partial charge in [-0.15, -0.1) is 11.3 Å². The van der Waals surface area contributed by atoms with E-state index in [1.807, 2.05) is 11.3 Å². The maximum Gasteiger partial charge on any atom is 0.0744 e. The quantitative estimate of drug-likeness (QED) is 0.189. The summed E-state index contributed by atoms with van der Waals surface area (Å²) in [6.07, 6.45) is 0. The molecule has 0 nitrogen and oxygen atoms in total. The predicted octanol–water partition coefficient (Wildman–Crippen LogP) is 7.48. The molecule has 1 aromatic heterocycles. The summed E-state index contributed by atoms with van der Waals surface area (Å²) >= 11 is 4.41. The van der Waals surface area contributed by atoms with Gasteiger partial charge in [0, 0.05) is 21.0 Å². The zero-order valence-corrected chi connectivity index (χ0v) is 15.8. The minimum atomic E-state index is 1.30. The van der Waals surface area contributed by atoms with Crippen LogP contribution in [0.3, 0.4) is 0 Å². The molecule has 0 saturated heterocycles. The Morgan fingerprint density at radius 1 is 0.583 bits per heavy atom. The van der Waals surface area contributed by atoms with Gasteiger partial charge in [-0.05, 0) is 44.3 Å². The zero-order valence-electron chi connectivity index (χ0n) is 12.8. The molecule has 0 aliphatic heterocycles. The fourth-order valence-corrected chi connectivity index (χ4v) is 5.91. The monoisotopic (exact) mass is 436 g/mol. The molecule has 0 N–H and O–H groups in total. The van der Waals surface area contributed by atoms with Gasteiger partial charge in [-0.1, -0.05) is 78.9 Å². The van der Waals surface area contributed by atoms with E-state index in [4.69, 9.17) is 0 Å². The van der Waals surface area contributed by atoms with Crippen molar-refractivity contribution in [1.29, 1.82) is 0 Å². The third-order valence-electron chi connectivity index (χ3n) is 4.59. The van der Waals surface area contributed by atoms with Gasteiger partial charge in [0.05, 0.1) is 2.88 Å². The lowest BCUT2D eigenvalue weighted by atomic mass is 9.95. The van der Waals surface area contributed by atoms with Gasteiger partial charge in [0.2, 0.25) is 0 Å². The number of benzene rings is 4. The molecule has 0 fully saturated rings. The lowest BCUT2D eigenvalue weighted by Gasteiger charge is -2.09. The van der Waals surface area contributed by atoms with Gasteiger partial charge in [0.1, 0.15) is 0 Å². The van der Waals surface area contributed by atoms with E-state index in [9.17, 15) is 0 Å². The molecule has 4 aromatic carbocycles. The smallest absolute Gasteiger partial charge is 0.0744 e. The SMILES string of the molecule is Ic1sc2c3ccccc3c3ccccc3c2c1-c1ccccc1. The maximum absolute atomic E-state index is 2.50. The van der Waals surface area contributed by atoms with Crippen LogP contribution in [0.4, 0.5) is 0 Å². The summed E-state index contributed by atoms with van der Waals surface area (Å²) in [6.45, 7) is 0. The van der Waals surface area contributed by atoms with Crippen molar-refractivity contribution >= 4 is 65.6 Å². The molecular formula is C22H13IS. The highest BCUT2D eigenvalue weighted by Gasteiger charge is 2.17. The minimum absolute atomic E-state index is 1.30. The summed E-state index contributed by atoms with van der Waals surface area (Å²) in [5.41, 5.74) is 2.67. The van der Waals surface area contributed by atoms with E-state index < -0.39 is 0 Å². The third kappa shape index (κ3) is 2.03. The lowest BCUT2D eigenvalue weighted by molar-refractivity contribution is 1.68. The summed E-state index contributed by atoms with van der Waals surface area (Å²) in [6, 6.07) is 28.3. The average Bonchev–Trinajstić information content (AvgIpc) is 3.00. The summed E-state index contributed by atoms with van der Waals surface area (Å²) in [4.78, 5) is 0. The van der Waals surface area contributed by atoms with Crippen molar-refractivity contribution in [2.75, 3.05) is 0 Å². The summed E-state index contributed by atoms with van der Waals surface area (Å²) < 4.78 is 2.75. The van der Waals surface area contributed by atoms with Crippen LogP contribution >= 0.6 is 33.9 Å². The molecule has 0 spiro atoms. The Hall–Kier alpha value is -1.91. The number of halogens is 1. The first-order valence-corrected chi connectivity index (χ1v) is 9.81. The molecule has 0 atom stereocenters. The fourth-order valence-electron chi connectivity index (χ4n) is 3.56. The molecular weight excluding hydrogens is 423 g/mol. The molecule has 0 amide bonds. The van der Waals surface area contributed by atoms with Crippen LogP contribution in [-0.4, -0.2) is 0 Å². The molecule has 0 bridgehead atoms. The predicted molar refractivity (Wildman–Crippen MR) is 115 cm³/mol. The van der Waals surface area contributed by atoms with E-state index >= 15 is 0 Å². The first-order valence-electron chi connectivity index (χ1n) is 7.91. The van der Waals surface area contributed by atoms with E-state index in [1.165, 1.54) is 45.6 Å². The van der Waals surface area contributed by atoms with Gasteiger partial charge >= 0.3 is 0 Å². The van der Waals surface area contributed by atoms with Gasteiger partial charge in [0.15, 0.2) is 0 Å². The van der Waals surface area contributed by atoms with Crippen LogP contribution in [0.1, 0.15) is 0 Å². The largest absolute Gasteiger partial charge is 0.128 e. The molecule has 2 heteroatoms. The molecule has 0 saturated carbocycles. The van der Waals surface area contributed by atoms with Gasteiger partial charge in [-0.3, -0.25) is 0 Å². The van der Waals surface area contributed by atoms with E-state index in [0.717, 1.165) is 0 Å². The van der Waals surface area contributed by atoms with E-state index in [1.54, 1.807) is 0 Å². The van der Waals surface area contributed by atoms with Gasteiger partial charge < -0.3 is 0 Å². The van der Waals surface area contributed by atoms with Gasteiger partial charge in [0.25, 0.3) is 0 Å². The Morgan fingerprint density at radius 2 is 1.12 bits per heavy atom. The topological polar surface area (TPSA) is 0 Å². The van der Waals surface area contributed by atoms with Crippen LogP contribution in [0.25, 0.3) is 42.8 Å². The second-order valence-electron chi connectivity index (χ2n) is 5.91. The number of fused-ring (bicyclic) bond motifs is 6. The van der Waals surface area contributed by atoms with Crippen LogP contribution < -0.4 is 0 Å². The fraction of sp³-hybridized carbons (Fsp3) is 0. The van der Waals surface area contributed by atoms with Crippen LogP contribution in [0, 0.1) is 2.88 Å². The number of rotatable bonds is 1. The molecule has 24 heavy (non-hydrogen) atoms. The molecule has 1 heterocycles. The van der Waals surface area contributed by atoms with Crippen LogP contribution in [0.5, 0.6) is 0 Å². The highest BCUT2D eigenvalue weighted by Crippen LogP contribution is 2.46. The van der Waals surface area contributed by atoms with Crippen molar-refractivity contribution in [2.45, 2.75) is 0 Å². The summed E-state index contributed by atoms with van der Waals surface area (Å²) in [5.74, 6) is 0. The van der Waals surface area contributed by atoms with E-state index in [-0.39, 0.29) is 0 Å². The standard InChI is InChI=1S/C22H13IS/c23-22-19(14-8-2-1-3-9-14)20-17-12-6-4-10-15(17)16-11-5-7-13-18(16)21(20)24-22/h1-13H. The first-order chi connectivity index (χ1) is 11.8. The molecule has 5 aromatic rings. The van der Waals surface area contributed by atoms with Crippen molar-refractivity contribution in [3.63, 3.8) is 0 Å². The van der Waals surface area contributed by atoms with Crippen molar-refractivity contribution in [1.82, 2.24) is 0 Å². The van der Waals surface area contributed by atoms with Gasteiger partial charge in [-0.25, -0.2) is 0 Å². The summed E-state index contributed by atoms with van der Waals surface area (Å²) in [5, 5.41) is 6.79. The average molecular weight is 436 g/mol. The van der Waals surface area contributed by atoms with Crippen molar-refractivity contribution in [3.05, 3.63) is 81.7 Å². The number of hydrogen-bond donors (Lipinski definition) is 0. The Balaban J connectivity index is 2.09. The van der Waals surface area contributed by atoms with Crippen LogP contribution in [0.2, 0.25) is 0 Å². The highest BCUT2D eigenvalue weighted by molar-refractivity contribution is 14.1. The van der Waals surface area contributed by atoms with Crippen molar-refractivity contribution < 1.29 is 0 Å². The van der Waals surface area contributed by atoms with Crippen LogP contribution in [-0.2, 0) is 0 Å². The number of hydrogen-bond acceptors (Lipinski definition) is 1. The number of thiophene rings is 1. The maximum atomic E-state index is 2.50. The minimum Gasteiger partial charge on any atom is -0.128 e. The molecule has 0 aliphatic carbocycles. The van der Waals surface area contributed by atoms with E-state index in [0.29, 0.717) is 0 Å². The normalized spacial score (nSPS) is 11.5. The molecule has 0 aliphatic rings. The lowest BCUT2D eigenvalue weighted by Crippen LogP contribution is -1.82. The van der Waals surface area contributed by atoms with Crippen molar-refractivity contribution in [2.24, 2.45) is 0 Å². The van der Waals surface area contributed by atoms with E-state index in [2.05, 4.69) is 101 Å². The van der Waals surface area contributed by atoms with Crippen LogP contribution in [0.15, 0.2) is 78.9 Å². The Bertz CT molecular complexity index is 1200. The molecule has 0 radical (unpaired) electrons. The Labute approximate surface area is 157 Å². The highest BCUT2D eigenvalue weighted by atomic mass is 127. The zero-order chi connectivity index (χ0) is 16.1.